The Kier molecular flexibility index (Phi) is 5.01. The van der Waals surface area contributed by atoms with Gasteiger partial charge in [-0.3, -0.25) is 9.59 Å². The van der Waals surface area contributed by atoms with Crippen molar-refractivity contribution >= 4 is 56.9 Å². The summed E-state index contributed by atoms with van der Waals surface area (Å²) in [6.45, 7) is 1.80. The highest BCUT2D eigenvalue weighted by atomic mass is 32.2. The number of hydrogen-bond donors (Lipinski definition) is 0. The molecule has 0 spiro atoms. The van der Waals surface area contributed by atoms with Gasteiger partial charge >= 0.3 is 0 Å². The molecule has 2 aliphatic rings. The third-order valence-electron chi connectivity index (χ3n) is 4.75. The van der Waals surface area contributed by atoms with E-state index in [1.807, 2.05) is 72.1 Å². The number of rotatable bonds is 4. The quantitative estimate of drug-likeness (QED) is 0.413. The maximum Gasteiger partial charge on any atom is 0.283 e. The minimum Gasteiger partial charge on any atom is -0.285 e. The molecular weight excluding hydrogens is 428 g/mol. The van der Waals surface area contributed by atoms with Crippen molar-refractivity contribution in [3.8, 4) is 0 Å². The molecule has 0 N–H and O–H groups in total. The van der Waals surface area contributed by atoms with Crippen molar-refractivity contribution in [1.29, 1.82) is 0 Å². The number of amides is 1. The van der Waals surface area contributed by atoms with Crippen LogP contribution in [0.4, 0.5) is 11.4 Å². The fraction of sp³-hybridized carbons (Fsp3) is 0.0435. The predicted octanol–water partition coefficient (Wildman–Crippen LogP) is 5.13. The summed E-state index contributed by atoms with van der Waals surface area (Å²) in [6, 6.07) is 22.4. The van der Waals surface area contributed by atoms with Gasteiger partial charge in [0.15, 0.2) is 5.04 Å². The SMILES string of the molecule is CC1=NN(c2ccccc2)C(=O)/C1=C1\SC(C(=O)c2cccs2)=NN1c1ccccc1. The number of thioether (sulfide) groups is 1. The fourth-order valence-corrected chi connectivity index (χ4v) is 5.10. The van der Waals surface area contributed by atoms with Crippen LogP contribution in [0.5, 0.6) is 0 Å². The molecule has 5 rings (SSSR count). The largest absolute Gasteiger partial charge is 0.285 e. The number of hydrogen-bond acceptors (Lipinski definition) is 7. The molecule has 152 valence electrons. The van der Waals surface area contributed by atoms with E-state index in [4.69, 9.17) is 0 Å². The number of benzene rings is 2. The topological polar surface area (TPSA) is 65.3 Å². The first-order chi connectivity index (χ1) is 15.1. The number of hydrazone groups is 2. The van der Waals surface area contributed by atoms with E-state index in [-0.39, 0.29) is 11.7 Å². The van der Waals surface area contributed by atoms with Gasteiger partial charge in [-0.2, -0.15) is 15.2 Å². The number of Topliss-reactive ketones (excluding diaryl/α,β-unsaturated/α-hetero) is 1. The zero-order valence-electron chi connectivity index (χ0n) is 16.4. The monoisotopic (exact) mass is 444 g/mol. The van der Waals surface area contributed by atoms with Gasteiger partial charge in [-0.15, -0.1) is 11.3 Å². The first-order valence-electron chi connectivity index (χ1n) is 9.52. The van der Waals surface area contributed by atoms with Gasteiger partial charge in [0.25, 0.3) is 5.91 Å². The van der Waals surface area contributed by atoms with Crippen molar-refractivity contribution in [2.24, 2.45) is 10.2 Å². The molecule has 0 radical (unpaired) electrons. The Labute approximate surface area is 187 Å². The molecule has 2 aliphatic heterocycles. The molecule has 3 aromatic rings. The molecule has 0 atom stereocenters. The second-order valence-electron chi connectivity index (χ2n) is 6.78. The van der Waals surface area contributed by atoms with Crippen LogP contribution >= 0.6 is 23.1 Å². The lowest BCUT2D eigenvalue weighted by molar-refractivity contribution is -0.114. The molecule has 0 bridgehead atoms. The Hall–Kier alpha value is -3.49. The van der Waals surface area contributed by atoms with Crippen molar-refractivity contribution in [1.82, 2.24) is 0 Å². The van der Waals surface area contributed by atoms with E-state index in [9.17, 15) is 9.59 Å². The molecule has 0 saturated carbocycles. The van der Waals surface area contributed by atoms with Gasteiger partial charge in [0.1, 0.15) is 5.03 Å². The van der Waals surface area contributed by atoms with Crippen LogP contribution in [0.1, 0.15) is 16.6 Å². The van der Waals surface area contributed by atoms with E-state index < -0.39 is 0 Å². The average molecular weight is 445 g/mol. The standard InChI is InChI=1S/C23H16N4O2S2/c1-15-19(22(29)26(24-15)16-9-4-2-5-10-16)23-27(17-11-6-3-7-12-17)25-21(31-23)20(28)18-13-8-14-30-18/h2-14H,1H3/b23-19-. The second kappa shape index (κ2) is 7.98. The molecule has 8 heteroatoms. The number of para-hydroxylation sites is 2. The maximum absolute atomic E-state index is 13.4. The number of carbonyl (C=O) groups is 2. The van der Waals surface area contributed by atoms with Gasteiger partial charge in [0.2, 0.25) is 5.78 Å². The lowest BCUT2D eigenvalue weighted by Crippen LogP contribution is -2.24. The Bertz CT molecular complexity index is 1250. The van der Waals surface area contributed by atoms with Gasteiger partial charge in [-0.1, -0.05) is 42.5 Å². The summed E-state index contributed by atoms with van der Waals surface area (Å²) in [5.74, 6) is -0.399. The highest BCUT2D eigenvalue weighted by Crippen LogP contribution is 2.40. The summed E-state index contributed by atoms with van der Waals surface area (Å²) in [6.07, 6.45) is 0. The van der Waals surface area contributed by atoms with E-state index in [1.165, 1.54) is 28.1 Å². The predicted molar refractivity (Wildman–Crippen MR) is 127 cm³/mol. The molecule has 2 aromatic carbocycles. The first kappa shape index (κ1) is 19.5. The minimum absolute atomic E-state index is 0.156. The molecule has 0 fully saturated rings. The van der Waals surface area contributed by atoms with E-state index in [1.54, 1.807) is 18.0 Å². The summed E-state index contributed by atoms with van der Waals surface area (Å²) >= 11 is 2.58. The normalized spacial score (nSPS) is 18.4. The zero-order chi connectivity index (χ0) is 21.4. The van der Waals surface area contributed by atoms with Crippen molar-refractivity contribution in [2.45, 2.75) is 6.92 Å². The molecule has 1 aromatic heterocycles. The third-order valence-corrected chi connectivity index (χ3v) is 6.65. The van der Waals surface area contributed by atoms with Gasteiger partial charge in [-0.05, 0) is 54.4 Å². The van der Waals surface area contributed by atoms with Crippen LogP contribution in [-0.4, -0.2) is 22.4 Å². The highest BCUT2D eigenvalue weighted by Gasteiger charge is 2.38. The van der Waals surface area contributed by atoms with E-state index in [0.717, 1.165) is 5.69 Å². The van der Waals surface area contributed by atoms with Crippen molar-refractivity contribution < 1.29 is 9.59 Å². The molecule has 31 heavy (non-hydrogen) atoms. The van der Waals surface area contributed by atoms with Crippen molar-refractivity contribution in [3.63, 3.8) is 0 Å². The van der Waals surface area contributed by atoms with E-state index in [0.29, 0.717) is 31.9 Å². The molecule has 0 unspecified atom stereocenters. The number of ketones is 1. The lowest BCUT2D eigenvalue weighted by Gasteiger charge is -2.17. The minimum atomic E-state index is -0.243. The molecule has 0 saturated heterocycles. The number of thiophene rings is 1. The van der Waals surface area contributed by atoms with Gasteiger partial charge < -0.3 is 0 Å². The first-order valence-corrected chi connectivity index (χ1v) is 11.2. The summed E-state index contributed by atoms with van der Waals surface area (Å²) in [4.78, 5) is 27.0. The molecule has 0 aliphatic carbocycles. The summed E-state index contributed by atoms with van der Waals surface area (Å²) < 4.78 is 0. The van der Waals surface area contributed by atoms with Crippen LogP contribution in [0.15, 0.2) is 99.0 Å². The Balaban J connectivity index is 1.59. The second-order valence-corrected chi connectivity index (χ2v) is 8.70. The number of anilines is 2. The number of carbonyl (C=O) groups excluding carboxylic acids is 2. The third kappa shape index (κ3) is 3.49. The maximum atomic E-state index is 13.4. The van der Waals surface area contributed by atoms with Gasteiger partial charge in [0.05, 0.1) is 27.5 Å². The van der Waals surface area contributed by atoms with E-state index >= 15 is 0 Å². The molecule has 1 amide bonds. The molecule has 6 nitrogen and oxygen atoms in total. The lowest BCUT2D eigenvalue weighted by atomic mass is 10.2. The van der Waals surface area contributed by atoms with Gasteiger partial charge in [0, 0.05) is 0 Å². The van der Waals surface area contributed by atoms with Crippen LogP contribution in [-0.2, 0) is 4.79 Å². The highest BCUT2D eigenvalue weighted by molar-refractivity contribution is 8.19. The average Bonchev–Trinajstić information content (AvgIpc) is 3.54. The molecular formula is C23H16N4O2S2. The van der Waals surface area contributed by atoms with Crippen molar-refractivity contribution in [3.05, 3.63) is 93.7 Å². The van der Waals surface area contributed by atoms with Crippen LogP contribution < -0.4 is 10.0 Å². The Morgan fingerprint density at radius 2 is 1.48 bits per heavy atom. The summed E-state index contributed by atoms with van der Waals surface area (Å²) in [7, 11) is 0. The van der Waals surface area contributed by atoms with Crippen LogP contribution in [0.2, 0.25) is 0 Å². The van der Waals surface area contributed by atoms with Crippen LogP contribution in [0.3, 0.4) is 0 Å². The molecule has 3 heterocycles. The smallest absolute Gasteiger partial charge is 0.283 e. The summed E-state index contributed by atoms with van der Waals surface area (Å²) in [5, 5.41) is 14.9. The van der Waals surface area contributed by atoms with Crippen molar-refractivity contribution in [2.75, 3.05) is 10.0 Å². The fourth-order valence-electron chi connectivity index (χ4n) is 3.29. The zero-order valence-corrected chi connectivity index (χ0v) is 18.1. The van der Waals surface area contributed by atoms with Crippen LogP contribution in [0.25, 0.3) is 0 Å². The van der Waals surface area contributed by atoms with Gasteiger partial charge in [-0.25, -0.2) is 5.01 Å². The van der Waals surface area contributed by atoms with E-state index in [2.05, 4.69) is 10.2 Å². The Morgan fingerprint density at radius 1 is 0.839 bits per heavy atom. The summed E-state index contributed by atoms with van der Waals surface area (Å²) in [5.41, 5.74) is 2.48. The number of nitrogens with zero attached hydrogens (tertiary/aromatic N) is 4. The Morgan fingerprint density at radius 3 is 2.10 bits per heavy atom. The van der Waals surface area contributed by atoms with Crippen LogP contribution in [0, 0.1) is 0 Å².